The van der Waals surface area contributed by atoms with Crippen molar-refractivity contribution in [2.24, 2.45) is 5.41 Å². The van der Waals surface area contributed by atoms with Crippen LogP contribution in [0.15, 0.2) is 42.6 Å². The fourth-order valence-corrected chi connectivity index (χ4v) is 5.38. The highest BCUT2D eigenvalue weighted by atomic mass is 19.1. The van der Waals surface area contributed by atoms with Gasteiger partial charge in [-0.1, -0.05) is 6.42 Å². The third kappa shape index (κ3) is 4.04. The molecule has 2 fully saturated rings. The van der Waals surface area contributed by atoms with Gasteiger partial charge in [0, 0.05) is 52.2 Å². The van der Waals surface area contributed by atoms with Crippen LogP contribution in [-0.4, -0.2) is 49.5 Å². The second-order valence-electron chi connectivity index (χ2n) is 9.81. The van der Waals surface area contributed by atoms with E-state index in [0.717, 1.165) is 37.2 Å². The van der Waals surface area contributed by atoms with Gasteiger partial charge in [0.25, 0.3) is 0 Å². The Morgan fingerprint density at radius 2 is 1.97 bits per heavy atom. The lowest BCUT2D eigenvalue weighted by molar-refractivity contribution is -0.0425. The van der Waals surface area contributed by atoms with Crippen molar-refractivity contribution < 1.29 is 23.3 Å². The van der Waals surface area contributed by atoms with Gasteiger partial charge in [0.15, 0.2) is 23.1 Å². The van der Waals surface area contributed by atoms with Crippen molar-refractivity contribution in [1.82, 2.24) is 15.3 Å². The number of ether oxygens (including phenoxy) is 4. The Morgan fingerprint density at radius 3 is 2.72 bits per heavy atom. The molecule has 2 aromatic heterocycles. The summed E-state index contributed by atoms with van der Waals surface area (Å²) in [6.07, 6.45) is 5.07. The van der Waals surface area contributed by atoms with Gasteiger partial charge in [-0.2, -0.15) is 0 Å². The van der Waals surface area contributed by atoms with E-state index in [0.29, 0.717) is 52.8 Å². The van der Waals surface area contributed by atoms with Gasteiger partial charge in [-0.05, 0) is 50.1 Å². The minimum Gasteiger partial charge on any atom is -0.493 e. The van der Waals surface area contributed by atoms with Gasteiger partial charge in [-0.25, -0.2) is 4.39 Å². The molecule has 7 nitrogen and oxygen atoms in total. The van der Waals surface area contributed by atoms with Crippen molar-refractivity contribution in [3.63, 3.8) is 0 Å². The van der Waals surface area contributed by atoms with Gasteiger partial charge in [0.2, 0.25) is 0 Å². The largest absolute Gasteiger partial charge is 0.493 e. The lowest BCUT2D eigenvalue weighted by atomic mass is 9.64. The molecule has 0 spiro atoms. The number of nitrogens with zero attached hydrogens (tertiary/aromatic N) is 1. The lowest BCUT2D eigenvalue weighted by Crippen LogP contribution is -2.57. The van der Waals surface area contributed by atoms with Gasteiger partial charge in [-0.3, -0.25) is 4.98 Å². The second kappa shape index (κ2) is 9.26. The van der Waals surface area contributed by atoms with Crippen LogP contribution < -0.4 is 19.5 Å². The summed E-state index contributed by atoms with van der Waals surface area (Å²) in [6, 6.07) is 11.0. The molecule has 1 saturated heterocycles. The summed E-state index contributed by atoms with van der Waals surface area (Å²) in [5.74, 6) is 1.46. The van der Waals surface area contributed by atoms with Crippen LogP contribution in [0.3, 0.4) is 0 Å². The SMILES string of the molecule is COc1cc2c(Oc3ccc4[nH]c(C)cc4c3F)ccnc2cc1OCC1(C2COCCN2)CCC1. The molecule has 1 saturated carbocycles. The highest BCUT2D eigenvalue weighted by molar-refractivity contribution is 5.89. The second-order valence-corrected chi connectivity index (χ2v) is 9.81. The van der Waals surface area contributed by atoms with Crippen molar-refractivity contribution in [2.75, 3.05) is 33.5 Å². The highest BCUT2D eigenvalue weighted by Gasteiger charge is 2.45. The molecule has 1 atom stereocenters. The van der Waals surface area contributed by atoms with Crippen molar-refractivity contribution in [2.45, 2.75) is 32.2 Å². The summed E-state index contributed by atoms with van der Waals surface area (Å²) in [4.78, 5) is 7.66. The van der Waals surface area contributed by atoms with Crippen LogP contribution >= 0.6 is 0 Å². The summed E-state index contributed by atoms with van der Waals surface area (Å²) in [7, 11) is 1.61. The third-order valence-corrected chi connectivity index (χ3v) is 7.57. The minimum absolute atomic E-state index is 0.0610. The molecule has 3 heterocycles. The van der Waals surface area contributed by atoms with E-state index < -0.39 is 5.82 Å². The average molecular weight is 492 g/mol. The van der Waals surface area contributed by atoms with Gasteiger partial charge >= 0.3 is 0 Å². The van der Waals surface area contributed by atoms with E-state index in [1.54, 1.807) is 31.5 Å². The number of benzene rings is 2. The molecule has 2 aliphatic rings. The van der Waals surface area contributed by atoms with E-state index in [2.05, 4.69) is 15.3 Å². The number of nitrogens with one attached hydrogen (secondary N) is 2. The van der Waals surface area contributed by atoms with Crippen LogP contribution in [0.25, 0.3) is 21.8 Å². The van der Waals surface area contributed by atoms with E-state index in [1.807, 2.05) is 25.1 Å². The molecule has 1 aliphatic carbocycles. The number of aryl methyl sites for hydroxylation is 1. The molecule has 1 aliphatic heterocycles. The third-order valence-electron chi connectivity index (χ3n) is 7.57. The zero-order chi connectivity index (χ0) is 24.7. The Balaban J connectivity index is 1.29. The van der Waals surface area contributed by atoms with E-state index in [9.17, 15) is 0 Å². The van der Waals surface area contributed by atoms with Crippen molar-refractivity contribution in [3.8, 4) is 23.0 Å². The Labute approximate surface area is 208 Å². The summed E-state index contributed by atoms with van der Waals surface area (Å²) in [6.45, 7) is 4.81. The number of aromatic nitrogens is 2. The van der Waals surface area contributed by atoms with Crippen LogP contribution in [0.4, 0.5) is 4.39 Å². The first-order valence-corrected chi connectivity index (χ1v) is 12.4. The van der Waals surface area contributed by atoms with Gasteiger partial charge in [0.1, 0.15) is 5.75 Å². The van der Waals surface area contributed by atoms with E-state index >= 15 is 4.39 Å². The fourth-order valence-electron chi connectivity index (χ4n) is 5.38. The standard InChI is InChI=1S/C28H30FN3O4/c1-17-12-19-20(32-17)4-5-23(27(19)29)36-22-6-9-30-21-14-25(24(33-2)13-18(21)22)35-16-28(7-3-8-28)26-15-34-11-10-31-26/h4-6,9,12-14,26,31-32H,3,7-8,10-11,15-16H2,1-2H3. The molecular formula is C28H30FN3O4. The molecule has 0 bridgehead atoms. The monoisotopic (exact) mass is 491 g/mol. The molecule has 6 rings (SSSR count). The van der Waals surface area contributed by atoms with Crippen molar-refractivity contribution in [1.29, 1.82) is 0 Å². The molecular weight excluding hydrogens is 461 g/mol. The van der Waals surface area contributed by atoms with Crippen LogP contribution in [-0.2, 0) is 4.74 Å². The van der Waals surface area contributed by atoms with Gasteiger partial charge < -0.3 is 29.2 Å². The predicted molar refractivity (Wildman–Crippen MR) is 136 cm³/mol. The predicted octanol–water partition coefficient (Wildman–Crippen LogP) is 5.50. The Kier molecular flexibility index (Phi) is 5.93. The smallest absolute Gasteiger partial charge is 0.175 e. The number of methoxy groups -OCH3 is 1. The first kappa shape index (κ1) is 23.1. The van der Waals surface area contributed by atoms with Gasteiger partial charge in [0.05, 0.1) is 32.4 Å². The maximum absolute atomic E-state index is 15.2. The van der Waals surface area contributed by atoms with Crippen LogP contribution in [0.2, 0.25) is 0 Å². The maximum Gasteiger partial charge on any atom is 0.175 e. The first-order valence-electron chi connectivity index (χ1n) is 12.4. The fraction of sp³-hybridized carbons (Fsp3) is 0.393. The molecule has 2 N–H and O–H groups in total. The Hall–Kier alpha value is -3.36. The topological polar surface area (TPSA) is 77.6 Å². The zero-order valence-corrected chi connectivity index (χ0v) is 20.5. The van der Waals surface area contributed by atoms with Gasteiger partial charge in [-0.15, -0.1) is 0 Å². The number of hydrogen-bond donors (Lipinski definition) is 2. The molecule has 4 aromatic rings. The molecule has 1 unspecified atom stereocenters. The number of aromatic amines is 1. The normalized spacial score (nSPS) is 19.2. The number of morpholine rings is 1. The number of pyridine rings is 1. The Morgan fingerprint density at radius 1 is 1.08 bits per heavy atom. The quantitative estimate of drug-likeness (QED) is 0.355. The average Bonchev–Trinajstić information content (AvgIpc) is 3.26. The molecule has 8 heteroatoms. The first-order chi connectivity index (χ1) is 17.6. The maximum atomic E-state index is 15.2. The summed E-state index contributed by atoms with van der Waals surface area (Å²) < 4.78 is 39.0. The number of rotatable bonds is 7. The van der Waals surface area contributed by atoms with Crippen molar-refractivity contribution in [3.05, 3.63) is 54.1 Å². The van der Waals surface area contributed by atoms with Crippen LogP contribution in [0, 0.1) is 18.2 Å². The molecule has 0 amide bonds. The number of halogens is 1. The summed E-state index contributed by atoms with van der Waals surface area (Å²) in [5, 5.41) is 4.82. The van der Waals surface area contributed by atoms with E-state index in [-0.39, 0.29) is 11.2 Å². The number of H-pyrrole nitrogens is 1. The minimum atomic E-state index is -0.403. The zero-order valence-electron chi connectivity index (χ0n) is 20.5. The molecule has 0 radical (unpaired) electrons. The van der Waals surface area contributed by atoms with Crippen molar-refractivity contribution >= 4 is 21.8 Å². The number of fused-ring (bicyclic) bond motifs is 2. The highest BCUT2D eigenvalue weighted by Crippen LogP contribution is 2.46. The molecule has 2 aromatic carbocycles. The molecule has 36 heavy (non-hydrogen) atoms. The summed E-state index contributed by atoms with van der Waals surface area (Å²) >= 11 is 0. The van der Waals surface area contributed by atoms with E-state index in [1.165, 1.54) is 6.42 Å². The molecule has 188 valence electrons. The summed E-state index contributed by atoms with van der Waals surface area (Å²) in [5.41, 5.74) is 2.37. The van der Waals surface area contributed by atoms with Crippen LogP contribution in [0.5, 0.6) is 23.0 Å². The van der Waals surface area contributed by atoms with E-state index in [4.69, 9.17) is 18.9 Å². The van der Waals surface area contributed by atoms with Crippen LogP contribution in [0.1, 0.15) is 25.0 Å². The Bertz CT molecular complexity index is 1410. The lowest BCUT2D eigenvalue weighted by Gasteiger charge is -2.48. The number of hydrogen-bond acceptors (Lipinski definition) is 6.